The second-order valence-electron chi connectivity index (χ2n) is 3.61. The van der Waals surface area contributed by atoms with Crippen molar-refractivity contribution in [3.8, 4) is 0 Å². The number of amides is 1. The Morgan fingerprint density at radius 3 is 2.50 bits per heavy atom. The normalized spacial score (nSPS) is 10.1. The molecule has 0 atom stereocenters. The molecule has 0 radical (unpaired) electrons. The number of hydrogen-bond acceptors (Lipinski definition) is 3. The van der Waals surface area contributed by atoms with Crippen LogP contribution < -0.4 is 5.32 Å². The fourth-order valence-corrected chi connectivity index (χ4v) is 1.97. The second kappa shape index (κ2) is 8.00. The number of carboxylic acids is 1. The molecule has 1 amide bonds. The number of nitrogens with one attached hydrogen (secondary N) is 1. The smallest absolute Gasteiger partial charge is 0.313 e. The third kappa shape index (κ3) is 6.51. The number of hydrogen-bond donors (Lipinski definition) is 2. The summed E-state index contributed by atoms with van der Waals surface area (Å²) in [7, 11) is 0. The number of carboxylic acid groups (broad SMARTS) is 1. The summed E-state index contributed by atoms with van der Waals surface area (Å²) in [5.74, 6) is -0.929. The average Bonchev–Trinajstić information content (AvgIpc) is 2.31. The largest absolute Gasteiger partial charge is 0.481 e. The lowest BCUT2D eigenvalue weighted by atomic mass is 10.1. The molecule has 4 nitrogen and oxygen atoms in total. The van der Waals surface area contributed by atoms with Gasteiger partial charge in [0, 0.05) is 11.6 Å². The molecule has 0 heterocycles. The van der Waals surface area contributed by atoms with Crippen LogP contribution in [0.5, 0.6) is 0 Å². The first-order valence-electron chi connectivity index (χ1n) is 5.38. The maximum Gasteiger partial charge on any atom is 0.313 e. The van der Waals surface area contributed by atoms with Crippen molar-refractivity contribution in [2.45, 2.75) is 6.42 Å². The van der Waals surface area contributed by atoms with E-state index in [-0.39, 0.29) is 17.4 Å². The molecule has 0 bridgehead atoms. The van der Waals surface area contributed by atoms with Crippen LogP contribution in [0, 0.1) is 0 Å². The molecule has 0 aliphatic heterocycles. The number of aliphatic carboxylic acids is 1. The van der Waals surface area contributed by atoms with Crippen molar-refractivity contribution in [3.63, 3.8) is 0 Å². The summed E-state index contributed by atoms with van der Waals surface area (Å²) in [5.41, 5.74) is 1.10. The monoisotopic (exact) mass is 287 g/mol. The van der Waals surface area contributed by atoms with Gasteiger partial charge < -0.3 is 10.4 Å². The van der Waals surface area contributed by atoms with E-state index < -0.39 is 5.97 Å². The molecule has 1 aromatic carbocycles. The molecule has 0 spiro atoms. The van der Waals surface area contributed by atoms with Crippen molar-refractivity contribution in [2.75, 3.05) is 18.1 Å². The van der Waals surface area contributed by atoms with Gasteiger partial charge in [0.15, 0.2) is 0 Å². The molecule has 0 saturated heterocycles. The van der Waals surface area contributed by atoms with E-state index in [2.05, 4.69) is 5.32 Å². The summed E-state index contributed by atoms with van der Waals surface area (Å²) in [4.78, 5) is 21.6. The fourth-order valence-electron chi connectivity index (χ4n) is 1.28. The van der Waals surface area contributed by atoms with Crippen LogP contribution in [0.4, 0.5) is 0 Å². The molecule has 1 aromatic rings. The highest BCUT2D eigenvalue weighted by molar-refractivity contribution is 8.00. The lowest BCUT2D eigenvalue weighted by Crippen LogP contribution is -2.27. The van der Waals surface area contributed by atoms with E-state index in [9.17, 15) is 9.59 Å². The molecule has 0 aromatic heterocycles. The minimum absolute atomic E-state index is 0.0510. The Balaban J connectivity index is 2.15. The highest BCUT2D eigenvalue weighted by Gasteiger charge is 2.03. The number of carbonyl (C=O) groups is 2. The molecule has 0 fully saturated rings. The van der Waals surface area contributed by atoms with Crippen LogP contribution >= 0.6 is 23.4 Å². The van der Waals surface area contributed by atoms with E-state index in [1.807, 2.05) is 12.1 Å². The van der Waals surface area contributed by atoms with Crippen molar-refractivity contribution in [2.24, 2.45) is 0 Å². The van der Waals surface area contributed by atoms with Crippen LogP contribution in [0.1, 0.15) is 5.56 Å². The Morgan fingerprint density at radius 2 is 1.89 bits per heavy atom. The number of rotatable bonds is 7. The molecule has 0 unspecified atom stereocenters. The van der Waals surface area contributed by atoms with Gasteiger partial charge in [-0.1, -0.05) is 23.7 Å². The van der Waals surface area contributed by atoms with E-state index in [1.165, 1.54) is 0 Å². The predicted molar refractivity (Wildman–Crippen MR) is 73.1 cm³/mol. The highest BCUT2D eigenvalue weighted by atomic mass is 35.5. The quantitative estimate of drug-likeness (QED) is 0.803. The summed E-state index contributed by atoms with van der Waals surface area (Å²) in [6.45, 7) is 0.536. The standard InChI is InChI=1S/C12H14ClNO3S/c13-10-3-1-9(2-4-10)5-6-14-11(15)7-18-8-12(16)17/h1-4H,5-8H2,(H,14,15)(H,16,17). The summed E-state index contributed by atoms with van der Waals surface area (Å²) in [5, 5.41) is 11.8. The van der Waals surface area contributed by atoms with Crippen molar-refractivity contribution in [1.29, 1.82) is 0 Å². The zero-order valence-electron chi connectivity index (χ0n) is 9.69. The van der Waals surface area contributed by atoms with Gasteiger partial charge >= 0.3 is 5.97 Å². The van der Waals surface area contributed by atoms with Crippen molar-refractivity contribution >= 4 is 35.2 Å². The first kappa shape index (κ1) is 14.9. The summed E-state index contributed by atoms with van der Waals surface area (Å²) in [6.07, 6.45) is 0.729. The molecule has 98 valence electrons. The fraction of sp³-hybridized carbons (Fsp3) is 0.333. The lowest BCUT2D eigenvalue weighted by Gasteiger charge is -2.04. The van der Waals surface area contributed by atoms with E-state index in [0.717, 1.165) is 23.7 Å². The van der Waals surface area contributed by atoms with Gasteiger partial charge in [-0.25, -0.2) is 0 Å². The third-order valence-electron chi connectivity index (χ3n) is 2.11. The predicted octanol–water partition coefficient (Wildman–Crippen LogP) is 1.82. The van der Waals surface area contributed by atoms with Crippen LogP contribution in [-0.2, 0) is 16.0 Å². The molecule has 0 saturated carbocycles. The molecule has 18 heavy (non-hydrogen) atoms. The minimum Gasteiger partial charge on any atom is -0.481 e. The summed E-state index contributed by atoms with van der Waals surface area (Å²) >= 11 is 6.85. The van der Waals surface area contributed by atoms with Crippen LogP contribution in [0.2, 0.25) is 5.02 Å². The van der Waals surface area contributed by atoms with Crippen LogP contribution in [0.15, 0.2) is 24.3 Å². The summed E-state index contributed by atoms with van der Waals surface area (Å²) in [6, 6.07) is 7.43. The molecule has 6 heteroatoms. The molecule has 0 aliphatic rings. The zero-order valence-corrected chi connectivity index (χ0v) is 11.3. The molecule has 2 N–H and O–H groups in total. The topological polar surface area (TPSA) is 66.4 Å². The van der Waals surface area contributed by atoms with E-state index in [4.69, 9.17) is 16.7 Å². The number of halogens is 1. The van der Waals surface area contributed by atoms with Gasteiger partial charge in [-0.15, -0.1) is 11.8 Å². The van der Waals surface area contributed by atoms with Gasteiger partial charge in [-0.05, 0) is 24.1 Å². The van der Waals surface area contributed by atoms with Crippen molar-refractivity contribution < 1.29 is 14.7 Å². The number of benzene rings is 1. The van der Waals surface area contributed by atoms with Gasteiger partial charge in [0.1, 0.15) is 0 Å². The molecular weight excluding hydrogens is 274 g/mol. The van der Waals surface area contributed by atoms with Crippen LogP contribution in [0.25, 0.3) is 0 Å². The van der Waals surface area contributed by atoms with Crippen molar-refractivity contribution in [1.82, 2.24) is 5.32 Å². The number of thioether (sulfide) groups is 1. The Morgan fingerprint density at radius 1 is 1.22 bits per heavy atom. The zero-order chi connectivity index (χ0) is 13.4. The second-order valence-corrected chi connectivity index (χ2v) is 5.03. The van der Waals surface area contributed by atoms with Gasteiger partial charge in [0.05, 0.1) is 11.5 Å². The van der Waals surface area contributed by atoms with Gasteiger partial charge in [-0.3, -0.25) is 9.59 Å². The maximum atomic E-state index is 11.3. The third-order valence-corrected chi connectivity index (χ3v) is 3.28. The maximum absolute atomic E-state index is 11.3. The van der Waals surface area contributed by atoms with E-state index in [0.29, 0.717) is 11.6 Å². The lowest BCUT2D eigenvalue weighted by molar-refractivity contribution is -0.133. The molecular formula is C12H14ClNO3S. The Kier molecular flexibility index (Phi) is 6.60. The molecule has 0 aliphatic carbocycles. The van der Waals surface area contributed by atoms with Crippen LogP contribution in [0.3, 0.4) is 0 Å². The Hall–Kier alpha value is -1.20. The van der Waals surface area contributed by atoms with Gasteiger partial charge in [0.2, 0.25) is 5.91 Å². The average molecular weight is 288 g/mol. The van der Waals surface area contributed by atoms with Crippen LogP contribution in [-0.4, -0.2) is 35.0 Å². The number of carbonyl (C=O) groups excluding carboxylic acids is 1. The van der Waals surface area contributed by atoms with Gasteiger partial charge in [0.25, 0.3) is 0 Å². The minimum atomic E-state index is -0.908. The van der Waals surface area contributed by atoms with Gasteiger partial charge in [-0.2, -0.15) is 0 Å². The first-order valence-corrected chi connectivity index (χ1v) is 6.92. The van der Waals surface area contributed by atoms with E-state index in [1.54, 1.807) is 12.1 Å². The Labute approximate surface area is 115 Å². The SMILES string of the molecule is O=C(O)CSCC(=O)NCCc1ccc(Cl)cc1. The first-order chi connectivity index (χ1) is 8.58. The van der Waals surface area contributed by atoms with E-state index >= 15 is 0 Å². The summed E-state index contributed by atoms with van der Waals surface area (Å²) < 4.78 is 0. The molecule has 1 rings (SSSR count). The Bertz CT molecular complexity index is 408. The van der Waals surface area contributed by atoms with Crippen molar-refractivity contribution in [3.05, 3.63) is 34.9 Å². The highest BCUT2D eigenvalue weighted by Crippen LogP contribution is 2.09.